The first kappa shape index (κ1) is 20.9. The van der Waals surface area contributed by atoms with Crippen LogP contribution in [0.3, 0.4) is 0 Å². The standard InChI is InChI=1S/C16H22F3N3O2S2/c1-2-3-8-20-15(25)21-9-11-22(12-10-21)26(23,24)14-6-4-13(5-7-14)16(17,18)19/h4-7H,2-3,8-12H2,1H3,(H,20,25). The van der Waals surface area contributed by atoms with Gasteiger partial charge in [-0.05, 0) is 42.9 Å². The van der Waals surface area contributed by atoms with Gasteiger partial charge in [-0.15, -0.1) is 0 Å². The van der Waals surface area contributed by atoms with Crippen LogP contribution in [0.4, 0.5) is 13.2 Å². The molecule has 1 aromatic rings. The number of piperazine rings is 1. The van der Waals surface area contributed by atoms with Crippen LogP contribution in [0.1, 0.15) is 25.3 Å². The molecule has 0 aromatic heterocycles. The smallest absolute Gasteiger partial charge is 0.363 e. The molecule has 1 aliphatic rings. The van der Waals surface area contributed by atoms with E-state index in [2.05, 4.69) is 12.2 Å². The molecular weight excluding hydrogens is 387 g/mol. The van der Waals surface area contributed by atoms with Gasteiger partial charge in [0.1, 0.15) is 0 Å². The molecule has 1 heterocycles. The van der Waals surface area contributed by atoms with E-state index in [1.54, 1.807) is 0 Å². The van der Waals surface area contributed by atoms with E-state index in [-0.39, 0.29) is 18.0 Å². The number of hydrogen-bond donors (Lipinski definition) is 1. The molecule has 146 valence electrons. The highest BCUT2D eigenvalue weighted by Crippen LogP contribution is 2.30. The van der Waals surface area contributed by atoms with Gasteiger partial charge in [-0.25, -0.2) is 8.42 Å². The zero-order chi connectivity index (χ0) is 19.4. The summed E-state index contributed by atoms with van der Waals surface area (Å²) in [5, 5.41) is 3.74. The minimum absolute atomic E-state index is 0.136. The molecule has 26 heavy (non-hydrogen) atoms. The molecule has 0 saturated carbocycles. The van der Waals surface area contributed by atoms with Gasteiger partial charge in [0.2, 0.25) is 10.0 Å². The molecule has 1 N–H and O–H groups in total. The zero-order valence-corrected chi connectivity index (χ0v) is 16.1. The molecule has 0 unspecified atom stereocenters. The third-order valence-corrected chi connectivity index (χ3v) is 6.47. The Balaban J connectivity index is 1.98. The van der Waals surface area contributed by atoms with Crippen LogP contribution in [-0.2, 0) is 16.2 Å². The lowest BCUT2D eigenvalue weighted by atomic mass is 10.2. The summed E-state index contributed by atoms with van der Waals surface area (Å²) in [5.41, 5.74) is -0.871. The van der Waals surface area contributed by atoms with Crippen LogP contribution in [0.25, 0.3) is 0 Å². The quantitative estimate of drug-likeness (QED) is 0.599. The van der Waals surface area contributed by atoms with E-state index in [4.69, 9.17) is 12.2 Å². The number of alkyl halides is 3. The summed E-state index contributed by atoms with van der Waals surface area (Å²) >= 11 is 5.30. The second kappa shape index (κ2) is 8.53. The number of rotatable bonds is 5. The summed E-state index contributed by atoms with van der Waals surface area (Å²) in [7, 11) is -3.82. The molecule has 0 aliphatic carbocycles. The summed E-state index contributed by atoms with van der Waals surface area (Å²) < 4.78 is 64.4. The van der Waals surface area contributed by atoms with Crippen molar-refractivity contribution in [1.29, 1.82) is 0 Å². The van der Waals surface area contributed by atoms with Gasteiger partial charge >= 0.3 is 6.18 Å². The van der Waals surface area contributed by atoms with E-state index >= 15 is 0 Å². The first-order valence-corrected chi connectivity index (χ1v) is 10.2. The van der Waals surface area contributed by atoms with Gasteiger partial charge in [-0.1, -0.05) is 13.3 Å². The SMILES string of the molecule is CCCCNC(=S)N1CCN(S(=O)(=O)c2ccc(C(F)(F)F)cc2)CC1. The maximum Gasteiger partial charge on any atom is 0.416 e. The van der Waals surface area contributed by atoms with Gasteiger partial charge in [0.25, 0.3) is 0 Å². The highest BCUT2D eigenvalue weighted by molar-refractivity contribution is 7.89. The van der Waals surface area contributed by atoms with Crippen LogP contribution in [0.5, 0.6) is 0 Å². The van der Waals surface area contributed by atoms with Gasteiger partial charge in [0.15, 0.2) is 5.11 Å². The average Bonchev–Trinajstić information content (AvgIpc) is 2.61. The first-order chi connectivity index (χ1) is 12.2. The molecule has 0 spiro atoms. The Hall–Kier alpha value is -1.39. The van der Waals surface area contributed by atoms with Crippen LogP contribution in [0.15, 0.2) is 29.2 Å². The van der Waals surface area contributed by atoms with E-state index in [1.807, 2.05) is 4.90 Å². The third-order valence-electron chi connectivity index (χ3n) is 4.15. The largest absolute Gasteiger partial charge is 0.416 e. The van der Waals surface area contributed by atoms with Crippen molar-refractivity contribution in [3.63, 3.8) is 0 Å². The van der Waals surface area contributed by atoms with E-state index in [9.17, 15) is 21.6 Å². The summed E-state index contributed by atoms with van der Waals surface area (Å²) in [6, 6.07) is 3.58. The van der Waals surface area contributed by atoms with Gasteiger partial charge in [0.05, 0.1) is 10.5 Å². The normalized spacial score (nSPS) is 16.5. The van der Waals surface area contributed by atoms with Crippen molar-refractivity contribution in [1.82, 2.24) is 14.5 Å². The molecule has 1 saturated heterocycles. The molecule has 0 atom stereocenters. The fourth-order valence-corrected chi connectivity index (χ4v) is 4.29. The van der Waals surface area contributed by atoms with Crippen molar-refractivity contribution in [3.8, 4) is 0 Å². The summed E-state index contributed by atoms with van der Waals surface area (Å²) in [6.45, 7) is 4.21. The zero-order valence-electron chi connectivity index (χ0n) is 14.4. The Labute approximate surface area is 157 Å². The lowest BCUT2D eigenvalue weighted by Gasteiger charge is -2.35. The minimum Gasteiger partial charge on any atom is -0.363 e. The van der Waals surface area contributed by atoms with E-state index in [0.717, 1.165) is 43.7 Å². The van der Waals surface area contributed by atoms with Gasteiger partial charge in [-0.3, -0.25) is 0 Å². The highest BCUT2D eigenvalue weighted by Gasteiger charge is 2.32. The highest BCUT2D eigenvalue weighted by atomic mass is 32.2. The van der Waals surface area contributed by atoms with Gasteiger partial charge < -0.3 is 10.2 Å². The van der Waals surface area contributed by atoms with Crippen LogP contribution >= 0.6 is 12.2 Å². The summed E-state index contributed by atoms with van der Waals surface area (Å²) in [5.74, 6) is 0. The topological polar surface area (TPSA) is 52.6 Å². The Morgan fingerprint density at radius 1 is 1.15 bits per heavy atom. The second-order valence-electron chi connectivity index (χ2n) is 6.00. The van der Waals surface area contributed by atoms with Crippen LogP contribution in [0.2, 0.25) is 0 Å². The maximum absolute atomic E-state index is 12.6. The maximum atomic E-state index is 12.6. The number of nitrogens with zero attached hydrogens (tertiary/aromatic N) is 2. The van der Waals surface area contributed by atoms with Crippen LogP contribution < -0.4 is 5.32 Å². The summed E-state index contributed by atoms with van der Waals surface area (Å²) in [4.78, 5) is 1.77. The number of unbranched alkanes of at least 4 members (excludes halogenated alkanes) is 1. The Morgan fingerprint density at radius 2 is 1.73 bits per heavy atom. The van der Waals surface area contributed by atoms with Crippen molar-refractivity contribution < 1.29 is 21.6 Å². The predicted octanol–water partition coefficient (Wildman–Crippen LogP) is 2.69. The number of benzene rings is 1. The van der Waals surface area contributed by atoms with Gasteiger partial charge in [0, 0.05) is 32.7 Å². The number of sulfonamides is 1. The monoisotopic (exact) mass is 409 g/mol. The average molecular weight is 409 g/mol. The van der Waals surface area contributed by atoms with E-state index < -0.39 is 21.8 Å². The number of halogens is 3. The first-order valence-electron chi connectivity index (χ1n) is 8.36. The Bertz CT molecular complexity index is 713. The minimum atomic E-state index is -4.49. The van der Waals surface area contributed by atoms with E-state index in [1.165, 1.54) is 4.31 Å². The van der Waals surface area contributed by atoms with Crippen molar-refractivity contribution in [3.05, 3.63) is 29.8 Å². The van der Waals surface area contributed by atoms with E-state index in [0.29, 0.717) is 18.2 Å². The fourth-order valence-electron chi connectivity index (χ4n) is 2.58. The number of nitrogens with one attached hydrogen (secondary N) is 1. The van der Waals surface area contributed by atoms with Crippen molar-refractivity contribution >= 4 is 27.4 Å². The molecule has 10 heteroatoms. The second-order valence-corrected chi connectivity index (χ2v) is 8.32. The third kappa shape index (κ3) is 5.08. The predicted molar refractivity (Wildman–Crippen MR) is 97.3 cm³/mol. The number of thiocarbonyl (C=S) groups is 1. The molecule has 1 aliphatic heterocycles. The van der Waals surface area contributed by atoms with Crippen molar-refractivity contribution in [2.24, 2.45) is 0 Å². The lowest BCUT2D eigenvalue weighted by Crippen LogP contribution is -2.53. The number of hydrogen-bond acceptors (Lipinski definition) is 3. The van der Waals surface area contributed by atoms with Crippen LogP contribution in [-0.4, -0.2) is 55.5 Å². The molecule has 1 aromatic carbocycles. The molecule has 2 rings (SSSR count). The molecule has 0 amide bonds. The summed E-state index contributed by atoms with van der Waals surface area (Å²) in [6.07, 6.45) is -2.44. The lowest BCUT2D eigenvalue weighted by molar-refractivity contribution is -0.137. The molecular formula is C16H22F3N3O2S2. The Kier molecular flexibility index (Phi) is 6.86. The fraction of sp³-hybridized carbons (Fsp3) is 0.562. The molecule has 1 fully saturated rings. The van der Waals surface area contributed by atoms with Crippen molar-refractivity contribution in [2.45, 2.75) is 30.8 Å². The molecule has 0 bridgehead atoms. The Morgan fingerprint density at radius 3 is 2.23 bits per heavy atom. The molecule has 5 nitrogen and oxygen atoms in total. The van der Waals surface area contributed by atoms with Crippen LogP contribution in [0, 0.1) is 0 Å². The molecule has 0 radical (unpaired) electrons. The van der Waals surface area contributed by atoms with Gasteiger partial charge in [-0.2, -0.15) is 17.5 Å². The van der Waals surface area contributed by atoms with Crippen molar-refractivity contribution in [2.75, 3.05) is 32.7 Å².